The van der Waals surface area contributed by atoms with Gasteiger partial charge < -0.3 is 14.2 Å². The van der Waals surface area contributed by atoms with E-state index in [0.29, 0.717) is 57.7 Å². The Kier molecular flexibility index (Phi) is 10.4. The standard InChI is InChI=1S/C37H35ClN4O5/c1-5-6-18-47-32-15-13-26(21-31(32)38)35-27(23-42(40-35)28-10-8-7-9-11-28)20-29-24(2)30(22-39)37(44)41(36(29)43)17-16-25-12-14-33(45-3)34(19-25)46-4/h7-15,19-21,23H,5-6,16-18H2,1-4H3/b29-20+. The second-order valence-corrected chi connectivity index (χ2v) is 11.3. The van der Waals surface area contributed by atoms with Crippen molar-refractivity contribution in [3.05, 3.63) is 106 Å². The second kappa shape index (κ2) is 14.8. The number of halogens is 1. The number of imide groups is 1. The Morgan fingerprint density at radius 2 is 1.70 bits per heavy atom. The van der Waals surface area contributed by atoms with Crippen molar-refractivity contribution in [2.24, 2.45) is 0 Å². The SMILES string of the molecule is CCCCOc1ccc(-c2nn(-c3ccccc3)cc2/C=C2/C(=O)N(CCc3ccc(OC)c(OC)c3)C(=O)C(C#N)=C2C)cc1Cl. The number of amides is 2. The summed E-state index contributed by atoms with van der Waals surface area (Å²) in [6, 6.07) is 22.5. The van der Waals surface area contributed by atoms with Crippen molar-refractivity contribution in [3.8, 4) is 40.3 Å². The van der Waals surface area contributed by atoms with Gasteiger partial charge in [-0.1, -0.05) is 49.2 Å². The number of rotatable bonds is 12. The monoisotopic (exact) mass is 650 g/mol. The molecule has 1 aliphatic rings. The summed E-state index contributed by atoms with van der Waals surface area (Å²) in [7, 11) is 3.09. The molecule has 0 unspecified atom stereocenters. The third kappa shape index (κ3) is 7.08. The average molecular weight is 651 g/mol. The van der Waals surface area contributed by atoms with E-state index in [4.69, 9.17) is 30.9 Å². The molecule has 0 fully saturated rings. The summed E-state index contributed by atoms with van der Waals surface area (Å²) in [5.74, 6) is 0.568. The molecule has 5 rings (SSSR count). The zero-order valence-corrected chi connectivity index (χ0v) is 27.5. The predicted octanol–water partition coefficient (Wildman–Crippen LogP) is 7.22. The van der Waals surface area contributed by atoms with Crippen LogP contribution in [0.5, 0.6) is 17.2 Å². The van der Waals surface area contributed by atoms with Gasteiger partial charge >= 0.3 is 0 Å². The van der Waals surface area contributed by atoms with E-state index in [2.05, 4.69) is 6.92 Å². The molecule has 4 aromatic rings. The van der Waals surface area contributed by atoms with E-state index in [1.165, 1.54) is 0 Å². The first kappa shape index (κ1) is 33.0. The molecule has 2 heterocycles. The molecule has 47 heavy (non-hydrogen) atoms. The molecule has 0 bridgehead atoms. The minimum absolute atomic E-state index is 0.0637. The quantitative estimate of drug-likeness (QED) is 0.0905. The topological polar surface area (TPSA) is 107 Å². The number of carbonyl (C=O) groups is 2. The molecule has 2 amide bonds. The van der Waals surface area contributed by atoms with Gasteiger partial charge in [0.25, 0.3) is 11.8 Å². The number of para-hydroxylation sites is 1. The van der Waals surface area contributed by atoms with Crippen molar-refractivity contribution in [1.29, 1.82) is 5.26 Å². The highest BCUT2D eigenvalue weighted by atomic mass is 35.5. The van der Waals surface area contributed by atoms with Gasteiger partial charge in [0.15, 0.2) is 11.5 Å². The molecule has 1 aliphatic heterocycles. The number of hydrogen-bond donors (Lipinski definition) is 0. The molecule has 0 radical (unpaired) electrons. The van der Waals surface area contributed by atoms with Gasteiger partial charge in [-0.2, -0.15) is 10.4 Å². The maximum absolute atomic E-state index is 14.0. The highest BCUT2D eigenvalue weighted by Crippen LogP contribution is 2.35. The van der Waals surface area contributed by atoms with E-state index < -0.39 is 11.8 Å². The Bertz CT molecular complexity index is 1910. The number of hydrogen-bond acceptors (Lipinski definition) is 7. The predicted molar refractivity (Wildman–Crippen MR) is 181 cm³/mol. The fourth-order valence-corrected chi connectivity index (χ4v) is 5.52. The van der Waals surface area contributed by atoms with Crippen LogP contribution in [0.25, 0.3) is 23.0 Å². The van der Waals surface area contributed by atoms with E-state index in [9.17, 15) is 14.9 Å². The Morgan fingerprint density at radius 3 is 2.38 bits per heavy atom. The number of unbranched alkanes of at least 4 members (excludes halogenated alkanes) is 1. The molecule has 10 heteroatoms. The third-order valence-corrected chi connectivity index (χ3v) is 8.22. The van der Waals surface area contributed by atoms with Gasteiger partial charge in [0.05, 0.1) is 31.5 Å². The zero-order valence-electron chi connectivity index (χ0n) is 26.7. The van der Waals surface area contributed by atoms with Gasteiger partial charge in [0.1, 0.15) is 23.1 Å². The number of nitriles is 1. The van der Waals surface area contributed by atoms with Crippen LogP contribution in [0.1, 0.15) is 37.8 Å². The van der Waals surface area contributed by atoms with Crippen LogP contribution in [0.3, 0.4) is 0 Å². The van der Waals surface area contributed by atoms with Crippen molar-refractivity contribution in [3.63, 3.8) is 0 Å². The summed E-state index contributed by atoms with van der Waals surface area (Å²) in [6.07, 6.45) is 5.77. The highest BCUT2D eigenvalue weighted by molar-refractivity contribution is 6.32. The first-order valence-corrected chi connectivity index (χ1v) is 15.6. The van der Waals surface area contributed by atoms with Gasteiger partial charge in [0.2, 0.25) is 0 Å². The maximum Gasteiger partial charge on any atom is 0.271 e. The van der Waals surface area contributed by atoms with Gasteiger partial charge in [-0.05, 0) is 79.4 Å². The second-order valence-electron chi connectivity index (χ2n) is 10.9. The summed E-state index contributed by atoms with van der Waals surface area (Å²) >= 11 is 6.64. The Labute approximate surface area is 279 Å². The molecule has 0 saturated carbocycles. The Morgan fingerprint density at radius 1 is 0.957 bits per heavy atom. The van der Waals surface area contributed by atoms with Crippen molar-refractivity contribution >= 4 is 29.5 Å². The van der Waals surface area contributed by atoms with Crippen LogP contribution in [0.4, 0.5) is 0 Å². The number of methoxy groups -OCH3 is 2. The molecule has 0 atom stereocenters. The molecule has 0 N–H and O–H groups in total. The molecule has 0 saturated heterocycles. The van der Waals surface area contributed by atoms with Crippen molar-refractivity contribution in [2.75, 3.05) is 27.4 Å². The summed E-state index contributed by atoms with van der Waals surface area (Å²) in [4.78, 5) is 28.5. The van der Waals surface area contributed by atoms with Gasteiger partial charge in [-0.25, -0.2) is 4.68 Å². The smallest absolute Gasteiger partial charge is 0.271 e. The van der Waals surface area contributed by atoms with Crippen LogP contribution < -0.4 is 14.2 Å². The third-order valence-electron chi connectivity index (χ3n) is 7.92. The van der Waals surface area contributed by atoms with Crippen LogP contribution >= 0.6 is 11.6 Å². The number of nitrogens with zero attached hydrogens (tertiary/aromatic N) is 4. The summed E-state index contributed by atoms with van der Waals surface area (Å²) in [6.45, 7) is 4.33. The van der Waals surface area contributed by atoms with Crippen molar-refractivity contribution in [1.82, 2.24) is 14.7 Å². The lowest BCUT2D eigenvalue weighted by Crippen LogP contribution is -2.43. The van der Waals surface area contributed by atoms with Crippen LogP contribution in [-0.4, -0.2) is 53.9 Å². The molecule has 0 aliphatic carbocycles. The Balaban J connectivity index is 1.54. The fourth-order valence-electron chi connectivity index (χ4n) is 5.29. The minimum Gasteiger partial charge on any atom is -0.493 e. The number of carbonyl (C=O) groups excluding carboxylic acids is 2. The van der Waals surface area contributed by atoms with Crippen molar-refractivity contribution in [2.45, 2.75) is 33.1 Å². The minimum atomic E-state index is -0.627. The molecular weight excluding hydrogens is 616 g/mol. The highest BCUT2D eigenvalue weighted by Gasteiger charge is 2.35. The first-order chi connectivity index (χ1) is 22.8. The average Bonchev–Trinajstić information content (AvgIpc) is 3.52. The Hall–Kier alpha value is -5.33. The van der Waals surface area contributed by atoms with Crippen LogP contribution in [-0.2, 0) is 16.0 Å². The van der Waals surface area contributed by atoms with Gasteiger partial charge in [0, 0.05) is 29.4 Å². The van der Waals surface area contributed by atoms with Gasteiger partial charge in [-0.15, -0.1) is 0 Å². The summed E-state index contributed by atoms with van der Waals surface area (Å²) in [5, 5.41) is 15.3. The first-order valence-electron chi connectivity index (χ1n) is 15.3. The molecule has 1 aromatic heterocycles. The van der Waals surface area contributed by atoms with E-state index in [0.717, 1.165) is 29.0 Å². The van der Waals surface area contributed by atoms with Crippen LogP contribution in [0.2, 0.25) is 5.02 Å². The molecule has 240 valence electrons. The van der Waals surface area contributed by atoms with E-state index in [1.807, 2.05) is 60.8 Å². The molecular formula is C37H35ClN4O5. The summed E-state index contributed by atoms with van der Waals surface area (Å²) in [5.41, 5.74) is 3.99. The van der Waals surface area contributed by atoms with Crippen LogP contribution in [0.15, 0.2) is 89.6 Å². The molecule has 3 aromatic carbocycles. The normalized spacial score (nSPS) is 14.0. The van der Waals surface area contributed by atoms with Gasteiger partial charge in [-0.3, -0.25) is 14.5 Å². The fraction of sp³-hybridized carbons (Fsp3) is 0.243. The number of ether oxygens (including phenoxy) is 3. The molecule has 9 nitrogen and oxygen atoms in total. The van der Waals surface area contributed by atoms with Crippen LogP contribution in [0, 0.1) is 11.3 Å². The van der Waals surface area contributed by atoms with Crippen molar-refractivity contribution < 1.29 is 23.8 Å². The summed E-state index contributed by atoms with van der Waals surface area (Å²) < 4.78 is 18.3. The zero-order chi connectivity index (χ0) is 33.5. The van der Waals surface area contributed by atoms with E-state index in [1.54, 1.807) is 50.1 Å². The lowest BCUT2D eigenvalue weighted by molar-refractivity contribution is -0.140. The maximum atomic E-state index is 14.0. The molecule has 0 spiro atoms. The van der Waals surface area contributed by atoms with E-state index >= 15 is 0 Å². The lowest BCUT2D eigenvalue weighted by atomic mass is 9.93. The number of aromatic nitrogens is 2. The van der Waals surface area contributed by atoms with E-state index in [-0.39, 0.29) is 17.7 Å². The lowest BCUT2D eigenvalue weighted by Gasteiger charge is -2.27. The number of benzene rings is 3. The largest absolute Gasteiger partial charge is 0.493 e.